The third kappa shape index (κ3) is 4.86. The summed E-state index contributed by atoms with van der Waals surface area (Å²) in [7, 11) is 0. The Morgan fingerprint density at radius 1 is 0.517 bits per heavy atom. The molecule has 12 rings (SSSR count). The van der Waals surface area contributed by atoms with Gasteiger partial charge in [0.1, 0.15) is 11.5 Å². The van der Waals surface area contributed by atoms with Crippen molar-refractivity contribution in [1.29, 1.82) is 0 Å². The van der Waals surface area contributed by atoms with Gasteiger partial charge in [0.05, 0.1) is 27.8 Å². The van der Waals surface area contributed by atoms with Crippen molar-refractivity contribution in [2.75, 3.05) is 0 Å². The zero-order valence-electron chi connectivity index (χ0n) is 34.3. The van der Waals surface area contributed by atoms with Crippen molar-refractivity contribution < 1.29 is 4.74 Å². The highest BCUT2D eigenvalue weighted by molar-refractivity contribution is 6.04. The monoisotopic (exact) mass is 774 g/mol. The molecule has 1 aliphatic carbocycles. The van der Waals surface area contributed by atoms with Gasteiger partial charge in [0.2, 0.25) is 5.78 Å². The molecule has 0 amide bonds. The summed E-state index contributed by atoms with van der Waals surface area (Å²) in [6.45, 7) is 11.6. The van der Waals surface area contributed by atoms with Crippen LogP contribution < -0.4 is 4.74 Å². The SMILES string of the molecule is CC(C)(C)c1cc2c(cc1-c1cccc3c1Oc1ccc(-n4c5ccccc5n5c6ccccc6nc45)cc1C3(C)C)-c1ccccc1-c1ncccc1-c1ccccc1-2. The van der Waals surface area contributed by atoms with E-state index >= 15 is 0 Å². The number of hydrogen-bond donors (Lipinski definition) is 0. The molecule has 1 aliphatic heterocycles. The summed E-state index contributed by atoms with van der Waals surface area (Å²) in [5.41, 5.74) is 19.9. The van der Waals surface area contributed by atoms with Crippen molar-refractivity contribution in [2.24, 2.45) is 0 Å². The number of aromatic nitrogens is 4. The zero-order chi connectivity index (χ0) is 40.5. The standard InChI is InChI=1S/C55H42N4O/c1-54(2,3)44-32-41-35-17-7-6-16-34(35)38-21-15-29-56-51(38)37-19-9-8-18-36(37)40(41)31-42(44)39-20-14-22-43-52(39)60-50-28-27-33(30-45(50)55(43,4)5)58-48-25-12-13-26-49(48)59-47-24-11-10-23-46(47)57-53(58)59/h6-32H,1-5H3. The molecule has 3 aromatic heterocycles. The summed E-state index contributed by atoms with van der Waals surface area (Å²) in [5, 5.41) is 0. The van der Waals surface area contributed by atoms with Gasteiger partial charge in [-0.1, -0.05) is 132 Å². The molecule has 0 N–H and O–H groups in total. The van der Waals surface area contributed by atoms with Crippen molar-refractivity contribution in [3.05, 3.63) is 181 Å². The third-order valence-electron chi connectivity index (χ3n) is 12.9. The molecule has 7 aromatic carbocycles. The van der Waals surface area contributed by atoms with E-state index < -0.39 is 0 Å². The Balaban J connectivity index is 1.06. The van der Waals surface area contributed by atoms with Crippen LogP contribution in [0.2, 0.25) is 0 Å². The first-order chi connectivity index (χ1) is 29.2. The Morgan fingerprint density at radius 3 is 1.93 bits per heavy atom. The average Bonchev–Trinajstić information content (AvgIpc) is 3.80. The van der Waals surface area contributed by atoms with Gasteiger partial charge in [-0.3, -0.25) is 14.0 Å². The molecule has 0 fully saturated rings. The number of para-hydroxylation sites is 5. The van der Waals surface area contributed by atoms with Gasteiger partial charge in [0.15, 0.2) is 0 Å². The van der Waals surface area contributed by atoms with Crippen molar-refractivity contribution in [3.63, 3.8) is 0 Å². The van der Waals surface area contributed by atoms with Gasteiger partial charge < -0.3 is 4.74 Å². The fourth-order valence-corrected chi connectivity index (χ4v) is 10.0. The van der Waals surface area contributed by atoms with Crippen LogP contribution in [0.15, 0.2) is 164 Å². The molecule has 0 saturated carbocycles. The lowest BCUT2D eigenvalue weighted by atomic mass is 9.72. The van der Waals surface area contributed by atoms with E-state index in [2.05, 4.69) is 195 Å². The minimum absolute atomic E-state index is 0.178. The van der Waals surface area contributed by atoms with E-state index in [1.54, 1.807) is 0 Å². The van der Waals surface area contributed by atoms with E-state index in [0.717, 1.165) is 78.5 Å². The predicted molar refractivity (Wildman–Crippen MR) is 245 cm³/mol. The zero-order valence-corrected chi connectivity index (χ0v) is 34.3. The van der Waals surface area contributed by atoms with Gasteiger partial charge in [0, 0.05) is 45.1 Å². The molecule has 0 bridgehead atoms. The van der Waals surface area contributed by atoms with Gasteiger partial charge in [-0.25, -0.2) is 4.98 Å². The molecule has 0 spiro atoms. The van der Waals surface area contributed by atoms with E-state index in [9.17, 15) is 0 Å². The second-order valence-electron chi connectivity index (χ2n) is 17.8. The lowest BCUT2D eigenvalue weighted by Gasteiger charge is -2.36. The number of imidazole rings is 2. The van der Waals surface area contributed by atoms with Crippen LogP contribution in [0.4, 0.5) is 0 Å². The lowest BCUT2D eigenvalue weighted by Crippen LogP contribution is -2.25. The number of rotatable bonds is 2. The fraction of sp³-hybridized carbons (Fsp3) is 0.127. The Kier molecular flexibility index (Phi) is 7.18. The molecular weight excluding hydrogens is 733 g/mol. The molecular formula is C55H42N4O. The minimum atomic E-state index is -0.374. The van der Waals surface area contributed by atoms with E-state index in [0.29, 0.717) is 0 Å². The predicted octanol–water partition coefficient (Wildman–Crippen LogP) is 14.2. The highest BCUT2D eigenvalue weighted by atomic mass is 16.5. The Morgan fingerprint density at radius 2 is 1.15 bits per heavy atom. The second-order valence-corrected chi connectivity index (χ2v) is 17.8. The molecule has 5 nitrogen and oxygen atoms in total. The highest BCUT2D eigenvalue weighted by Crippen LogP contribution is 2.55. The first kappa shape index (κ1) is 34.8. The molecule has 0 saturated heterocycles. The molecule has 0 radical (unpaired) electrons. The molecule has 4 heterocycles. The number of nitrogens with zero attached hydrogens (tertiary/aromatic N) is 4. The summed E-state index contributed by atoms with van der Waals surface area (Å²) in [5.74, 6) is 2.68. The van der Waals surface area contributed by atoms with Gasteiger partial charge in [-0.15, -0.1) is 0 Å². The molecule has 60 heavy (non-hydrogen) atoms. The number of benzene rings is 7. The van der Waals surface area contributed by atoms with Crippen molar-refractivity contribution in [2.45, 2.75) is 45.4 Å². The summed E-state index contributed by atoms with van der Waals surface area (Å²) >= 11 is 0. The number of ether oxygens (including phenoxy) is 1. The number of pyridine rings is 1. The molecule has 288 valence electrons. The van der Waals surface area contributed by atoms with Crippen LogP contribution in [-0.4, -0.2) is 18.9 Å². The van der Waals surface area contributed by atoms with Crippen molar-refractivity contribution >= 4 is 27.8 Å². The molecule has 0 atom stereocenters. The summed E-state index contributed by atoms with van der Waals surface area (Å²) in [4.78, 5) is 10.2. The van der Waals surface area contributed by atoms with Crippen LogP contribution in [0.1, 0.15) is 51.3 Å². The quantitative estimate of drug-likeness (QED) is 0.176. The van der Waals surface area contributed by atoms with E-state index in [1.807, 2.05) is 12.3 Å². The topological polar surface area (TPSA) is 44.4 Å². The van der Waals surface area contributed by atoms with E-state index in [4.69, 9.17) is 14.7 Å². The van der Waals surface area contributed by atoms with Crippen molar-refractivity contribution in [3.8, 4) is 73.0 Å². The third-order valence-corrected chi connectivity index (χ3v) is 12.9. The van der Waals surface area contributed by atoms with E-state index in [1.165, 1.54) is 38.9 Å². The van der Waals surface area contributed by atoms with Crippen LogP contribution in [0, 0.1) is 0 Å². The maximum Gasteiger partial charge on any atom is 0.220 e. The number of hydrogen-bond acceptors (Lipinski definition) is 3. The molecule has 0 unspecified atom stereocenters. The normalized spacial score (nSPS) is 13.7. The highest BCUT2D eigenvalue weighted by Gasteiger charge is 2.37. The van der Waals surface area contributed by atoms with Gasteiger partial charge in [0.25, 0.3) is 0 Å². The lowest BCUT2D eigenvalue weighted by molar-refractivity contribution is 0.419. The van der Waals surface area contributed by atoms with E-state index in [-0.39, 0.29) is 10.8 Å². The smallest absolute Gasteiger partial charge is 0.220 e. The van der Waals surface area contributed by atoms with Crippen LogP contribution in [0.5, 0.6) is 11.5 Å². The van der Waals surface area contributed by atoms with Crippen LogP contribution >= 0.6 is 0 Å². The summed E-state index contributed by atoms with van der Waals surface area (Å²) < 4.78 is 11.7. The van der Waals surface area contributed by atoms with Crippen LogP contribution in [0.3, 0.4) is 0 Å². The van der Waals surface area contributed by atoms with Crippen LogP contribution in [-0.2, 0) is 10.8 Å². The maximum absolute atomic E-state index is 7.18. The maximum atomic E-state index is 7.18. The first-order valence-electron chi connectivity index (χ1n) is 20.8. The van der Waals surface area contributed by atoms with Crippen LogP contribution in [0.25, 0.3) is 89.3 Å². The Bertz CT molecular complexity index is 3430. The largest absolute Gasteiger partial charge is 0.456 e. The van der Waals surface area contributed by atoms with Gasteiger partial charge >= 0.3 is 0 Å². The summed E-state index contributed by atoms with van der Waals surface area (Å²) in [6, 6.07) is 57.0. The average molecular weight is 775 g/mol. The number of fused-ring (bicyclic) bond motifs is 15. The fourth-order valence-electron chi connectivity index (χ4n) is 10.0. The Hall–Kier alpha value is -7.24. The van der Waals surface area contributed by atoms with Gasteiger partial charge in [-0.2, -0.15) is 0 Å². The molecule has 10 aromatic rings. The van der Waals surface area contributed by atoms with Gasteiger partial charge in [-0.05, 0) is 105 Å². The Labute approximate surface area is 349 Å². The second kappa shape index (κ2) is 12.4. The first-order valence-corrected chi connectivity index (χ1v) is 20.8. The molecule has 2 aliphatic rings. The minimum Gasteiger partial charge on any atom is -0.456 e. The molecule has 5 heteroatoms. The summed E-state index contributed by atoms with van der Waals surface area (Å²) in [6.07, 6.45) is 1.91. The van der Waals surface area contributed by atoms with Crippen molar-refractivity contribution in [1.82, 2.24) is 18.9 Å².